The monoisotopic (exact) mass is 303 g/mol. The number of thiophene rings is 1. The maximum Gasteiger partial charge on any atom is 0.256 e. The predicted molar refractivity (Wildman–Crippen MR) is 88.6 cm³/mol. The summed E-state index contributed by atoms with van der Waals surface area (Å²) in [6, 6.07) is 7.51. The fourth-order valence-electron chi connectivity index (χ4n) is 1.90. The van der Waals surface area contributed by atoms with E-state index in [1.807, 2.05) is 43.5 Å². The van der Waals surface area contributed by atoms with Gasteiger partial charge in [-0.1, -0.05) is 13.3 Å². The van der Waals surface area contributed by atoms with Crippen molar-refractivity contribution in [2.45, 2.75) is 33.6 Å². The Morgan fingerprint density at radius 2 is 1.95 bits per heavy atom. The molecule has 1 amide bonds. The molecule has 1 aromatic carbocycles. The minimum absolute atomic E-state index is 0.0588. The van der Waals surface area contributed by atoms with Crippen LogP contribution >= 0.6 is 11.3 Å². The summed E-state index contributed by atoms with van der Waals surface area (Å²) in [5.74, 6) is 0.778. The van der Waals surface area contributed by atoms with E-state index in [-0.39, 0.29) is 5.91 Å². The van der Waals surface area contributed by atoms with E-state index in [0.717, 1.165) is 42.0 Å². The van der Waals surface area contributed by atoms with Gasteiger partial charge in [0.05, 0.1) is 12.2 Å². The molecule has 2 aromatic rings. The maximum absolute atomic E-state index is 12.2. The van der Waals surface area contributed by atoms with Crippen LogP contribution in [-0.4, -0.2) is 12.5 Å². The van der Waals surface area contributed by atoms with Crippen LogP contribution in [0.25, 0.3) is 0 Å². The first-order chi connectivity index (χ1) is 10.1. The standard InChI is InChI=1S/C17H21NO2S/c1-4-5-10-20-15-8-6-14(7-9-15)18-17(19)16-11-21-13(3)12(16)2/h6-9,11H,4-5,10H2,1-3H3,(H,18,19). The van der Waals surface area contributed by atoms with Crippen LogP contribution in [0.5, 0.6) is 5.75 Å². The fourth-order valence-corrected chi connectivity index (χ4v) is 2.77. The molecule has 0 bridgehead atoms. The number of aryl methyl sites for hydroxylation is 1. The summed E-state index contributed by atoms with van der Waals surface area (Å²) in [5, 5.41) is 4.82. The molecule has 0 aliphatic heterocycles. The number of anilines is 1. The number of nitrogens with one attached hydrogen (secondary N) is 1. The Kier molecular flexibility index (Phi) is 5.39. The molecule has 0 spiro atoms. The largest absolute Gasteiger partial charge is 0.494 e. The zero-order chi connectivity index (χ0) is 15.2. The molecule has 2 rings (SSSR count). The van der Waals surface area contributed by atoms with Gasteiger partial charge in [-0.25, -0.2) is 0 Å². The highest BCUT2D eigenvalue weighted by molar-refractivity contribution is 7.10. The average molecular weight is 303 g/mol. The van der Waals surface area contributed by atoms with Crippen molar-refractivity contribution in [2.75, 3.05) is 11.9 Å². The van der Waals surface area contributed by atoms with Crippen LogP contribution < -0.4 is 10.1 Å². The van der Waals surface area contributed by atoms with Gasteiger partial charge in [0.25, 0.3) is 5.91 Å². The van der Waals surface area contributed by atoms with Crippen LogP contribution in [0.1, 0.15) is 40.6 Å². The fraction of sp³-hybridized carbons (Fsp3) is 0.353. The summed E-state index contributed by atoms with van der Waals surface area (Å²) in [7, 11) is 0. The third-order valence-corrected chi connectivity index (χ3v) is 4.42. The molecule has 0 unspecified atom stereocenters. The van der Waals surface area contributed by atoms with Gasteiger partial charge >= 0.3 is 0 Å². The lowest BCUT2D eigenvalue weighted by Crippen LogP contribution is -2.12. The van der Waals surface area contributed by atoms with Crippen molar-refractivity contribution in [1.82, 2.24) is 0 Å². The Hall–Kier alpha value is -1.81. The van der Waals surface area contributed by atoms with Gasteiger partial charge in [-0.3, -0.25) is 4.79 Å². The smallest absolute Gasteiger partial charge is 0.256 e. The number of carbonyl (C=O) groups is 1. The van der Waals surface area contributed by atoms with Crippen molar-refractivity contribution in [1.29, 1.82) is 0 Å². The molecule has 0 aliphatic rings. The molecular weight excluding hydrogens is 282 g/mol. The number of ether oxygens (including phenoxy) is 1. The summed E-state index contributed by atoms with van der Waals surface area (Å²) in [4.78, 5) is 13.4. The molecule has 3 nitrogen and oxygen atoms in total. The zero-order valence-electron chi connectivity index (χ0n) is 12.7. The van der Waals surface area contributed by atoms with Gasteiger partial charge in [-0.15, -0.1) is 11.3 Å². The molecule has 1 heterocycles. The van der Waals surface area contributed by atoms with Crippen molar-refractivity contribution >= 4 is 22.9 Å². The zero-order valence-corrected chi connectivity index (χ0v) is 13.5. The Bertz CT molecular complexity index is 602. The molecule has 0 saturated heterocycles. The first-order valence-electron chi connectivity index (χ1n) is 7.20. The van der Waals surface area contributed by atoms with Crippen LogP contribution in [-0.2, 0) is 0 Å². The number of rotatable bonds is 6. The van der Waals surface area contributed by atoms with E-state index >= 15 is 0 Å². The molecule has 112 valence electrons. The van der Waals surface area contributed by atoms with Crippen LogP contribution in [0.15, 0.2) is 29.6 Å². The lowest BCUT2D eigenvalue weighted by Gasteiger charge is -2.08. The number of hydrogen-bond donors (Lipinski definition) is 1. The minimum Gasteiger partial charge on any atom is -0.494 e. The molecule has 0 saturated carbocycles. The van der Waals surface area contributed by atoms with Crippen molar-refractivity contribution in [3.63, 3.8) is 0 Å². The molecule has 4 heteroatoms. The van der Waals surface area contributed by atoms with Crippen molar-refractivity contribution in [2.24, 2.45) is 0 Å². The number of unbranched alkanes of at least 4 members (excludes halogenated alkanes) is 1. The van der Waals surface area contributed by atoms with E-state index in [2.05, 4.69) is 12.2 Å². The van der Waals surface area contributed by atoms with Gasteiger partial charge in [-0.05, 0) is 50.1 Å². The number of hydrogen-bond acceptors (Lipinski definition) is 3. The Labute approximate surface area is 130 Å². The summed E-state index contributed by atoms with van der Waals surface area (Å²) >= 11 is 1.60. The first kappa shape index (κ1) is 15.6. The molecule has 0 aliphatic carbocycles. The first-order valence-corrected chi connectivity index (χ1v) is 8.08. The van der Waals surface area contributed by atoms with Crippen LogP contribution in [0, 0.1) is 13.8 Å². The molecular formula is C17H21NO2S. The van der Waals surface area contributed by atoms with E-state index in [1.54, 1.807) is 11.3 Å². The molecule has 1 N–H and O–H groups in total. The molecule has 21 heavy (non-hydrogen) atoms. The second kappa shape index (κ2) is 7.27. The van der Waals surface area contributed by atoms with Crippen LogP contribution in [0.3, 0.4) is 0 Å². The maximum atomic E-state index is 12.2. The summed E-state index contributed by atoms with van der Waals surface area (Å²) in [6.45, 7) is 6.87. The summed E-state index contributed by atoms with van der Waals surface area (Å²) < 4.78 is 5.60. The van der Waals surface area contributed by atoms with E-state index < -0.39 is 0 Å². The highest BCUT2D eigenvalue weighted by atomic mass is 32.1. The second-order valence-electron chi connectivity index (χ2n) is 5.01. The van der Waals surface area contributed by atoms with Crippen LogP contribution in [0.4, 0.5) is 5.69 Å². The normalized spacial score (nSPS) is 10.4. The van der Waals surface area contributed by atoms with Crippen molar-refractivity contribution in [3.8, 4) is 5.75 Å². The van der Waals surface area contributed by atoms with E-state index in [1.165, 1.54) is 4.88 Å². The molecule has 0 radical (unpaired) electrons. The highest BCUT2D eigenvalue weighted by Crippen LogP contribution is 2.22. The van der Waals surface area contributed by atoms with E-state index in [9.17, 15) is 4.79 Å². The number of carbonyl (C=O) groups excluding carboxylic acids is 1. The Morgan fingerprint density at radius 3 is 2.52 bits per heavy atom. The molecule has 0 fully saturated rings. The third-order valence-electron chi connectivity index (χ3n) is 3.41. The van der Waals surface area contributed by atoms with E-state index in [0.29, 0.717) is 0 Å². The van der Waals surface area contributed by atoms with Crippen molar-refractivity contribution in [3.05, 3.63) is 45.6 Å². The topological polar surface area (TPSA) is 38.3 Å². The van der Waals surface area contributed by atoms with Gasteiger partial charge in [0.2, 0.25) is 0 Å². The van der Waals surface area contributed by atoms with Gasteiger partial charge in [-0.2, -0.15) is 0 Å². The van der Waals surface area contributed by atoms with Gasteiger partial charge in [0.15, 0.2) is 0 Å². The highest BCUT2D eigenvalue weighted by Gasteiger charge is 2.12. The lowest BCUT2D eigenvalue weighted by atomic mass is 10.1. The Morgan fingerprint density at radius 1 is 1.24 bits per heavy atom. The Balaban J connectivity index is 1.97. The summed E-state index contributed by atoms with van der Waals surface area (Å²) in [6.07, 6.45) is 2.17. The van der Waals surface area contributed by atoms with Gasteiger partial charge < -0.3 is 10.1 Å². The number of benzene rings is 1. The van der Waals surface area contributed by atoms with E-state index in [4.69, 9.17) is 4.74 Å². The van der Waals surface area contributed by atoms with Gasteiger partial charge in [0.1, 0.15) is 5.75 Å². The lowest BCUT2D eigenvalue weighted by molar-refractivity contribution is 0.102. The minimum atomic E-state index is -0.0588. The van der Waals surface area contributed by atoms with Gasteiger partial charge in [0, 0.05) is 15.9 Å². The second-order valence-corrected chi connectivity index (χ2v) is 6.09. The quantitative estimate of drug-likeness (QED) is 0.779. The molecule has 0 atom stereocenters. The number of amides is 1. The van der Waals surface area contributed by atoms with Crippen molar-refractivity contribution < 1.29 is 9.53 Å². The average Bonchev–Trinajstić information content (AvgIpc) is 2.81. The molecule has 1 aromatic heterocycles. The summed E-state index contributed by atoms with van der Waals surface area (Å²) in [5.41, 5.74) is 2.59. The SMILES string of the molecule is CCCCOc1ccc(NC(=O)c2csc(C)c2C)cc1. The van der Waals surface area contributed by atoms with Crippen LogP contribution in [0.2, 0.25) is 0 Å². The predicted octanol–water partition coefficient (Wildman–Crippen LogP) is 4.80. The third kappa shape index (κ3) is 4.08.